The first kappa shape index (κ1) is 33.4. The zero-order valence-corrected chi connectivity index (χ0v) is 27.4. The highest BCUT2D eigenvalue weighted by atomic mass is 32.2. The Morgan fingerprint density at radius 2 is 1.61 bits per heavy atom. The van der Waals surface area contributed by atoms with Crippen molar-refractivity contribution in [3.63, 3.8) is 0 Å². The summed E-state index contributed by atoms with van der Waals surface area (Å²) in [6.45, 7) is 3.87. The lowest BCUT2D eigenvalue weighted by atomic mass is 9.95. The molecule has 3 aromatic rings. The Kier molecular flexibility index (Phi) is 12.1. The van der Waals surface area contributed by atoms with Gasteiger partial charge in [-0.15, -0.1) is 11.8 Å². The molecule has 1 N–H and O–H groups in total. The standard InChI is InChI=1S/C34H43N3O5S2/c1-4-42-30-17-15-29(16-18-30)37(44(40,41)32-21-19-31(43-3)20-22-32)25-33(38)36(24-23-27-11-7-5-8-12-27)26(2)34(39)35-28-13-9-6-10-14-28/h5,7-8,11-12,15-22,26,28H,4,6,9-10,13-14,23-25H2,1-3H3,(H,35,39). The summed E-state index contributed by atoms with van der Waals surface area (Å²) in [6.07, 6.45) is 7.61. The summed E-state index contributed by atoms with van der Waals surface area (Å²) in [5.74, 6) is -0.0754. The van der Waals surface area contributed by atoms with Crippen LogP contribution in [0.25, 0.3) is 0 Å². The van der Waals surface area contributed by atoms with Crippen LogP contribution in [0.2, 0.25) is 0 Å². The maximum atomic E-state index is 14.1. The van der Waals surface area contributed by atoms with Crippen LogP contribution >= 0.6 is 11.8 Å². The SMILES string of the molecule is CCOc1ccc(N(CC(=O)N(CCc2ccccc2)C(C)C(=O)NC2CCCCC2)S(=O)(=O)c2ccc(SC)cc2)cc1. The third-order valence-corrected chi connectivity index (χ3v) is 10.5. The van der Waals surface area contributed by atoms with E-state index in [0.29, 0.717) is 24.5 Å². The van der Waals surface area contributed by atoms with Crippen molar-refractivity contribution >= 4 is 39.3 Å². The van der Waals surface area contributed by atoms with Gasteiger partial charge in [0.25, 0.3) is 10.0 Å². The van der Waals surface area contributed by atoms with Crippen molar-refractivity contribution in [1.82, 2.24) is 10.2 Å². The second kappa shape index (κ2) is 16.0. The van der Waals surface area contributed by atoms with E-state index in [4.69, 9.17) is 4.74 Å². The van der Waals surface area contributed by atoms with Crippen molar-refractivity contribution in [3.05, 3.63) is 84.4 Å². The highest BCUT2D eigenvalue weighted by molar-refractivity contribution is 7.98. The summed E-state index contributed by atoms with van der Waals surface area (Å²) in [5.41, 5.74) is 1.35. The fourth-order valence-electron chi connectivity index (χ4n) is 5.42. The van der Waals surface area contributed by atoms with Crippen LogP contribution in [0.3, 0.4) is 0 Å². The van der Waals surface area contributed by atoms with E-state index >= 15 is 0 Å². The molecule has 236 valence electrons. The predicted molar refractivity (Wildman–Crippen MR) is 177 cm³/mol. The van der Waals surface area contributed by atoms with Gasteiger partial charge in [0.05, 0.1) is 17.2 Å². The normalized spacial score (nSPS) is 14.4. The molecule has 0 bridgehead atoms. The number of hydrogen-bond donors (Lipinski definition) is 1. The number of sulfonamides is 1. The first-order valence-electron chi connectivity index (χ1n) is 15.3. The minimum Gasteiger partial charge on any atom is -0.494 e. The van der Waals surface area contributed by atoms with Gasteiger partial charge in [0.2, 0.25) is 11.8 Å². The van der Waals surface area contributed by atoms with Gasteiger partial charge in [-0.3, -0.25) is 13.9 Å². The van der Waals surface area contributed by atoms with Crippen LogP contribution in [0.4, 0.5) is 5.69 Å². The van der Waals surface area contributed by atoms with Gasteiger partial charge in [0.1, 0.15) is 18.3 Å². The van der Waals surface area contributed by atoms with Gasteiger partial charge in [0, 0.05) is 17.5 Å². The molecule has 1 fully saturated rings. The molecule has 1 aliphatic carbocycles. The van der Waals surface area contributed by atoms with Crippen LogP contribution in [0.15, 0.2) is 88.7 Å². The topological polar surface area (TPSA) is 96.0 Å². The van der Waals surface area contributed by atoms with Gasteiger partial charge in [-0.1, -0.05) is 49.6 Å². The quantitative estimate of drug-likeness (QED) is 0.221. The monoisotopic (exact) mass is 637 g/mol. The van der Waals surface area contributed by atoms with E-state index in [1.54, 1.807) is 55.5 Å². The number of ether oxygens (including phenoxy) is 1. The van der Waals surface area contributed by atoms with Gasteiger partial charge < -0.3 is 15.0 Å². The van der Waals surface area contributed by atoms with E-state index in [-0.39, 0.29) is 23.4 Å². The van der Waals surface area contributed by atoms with Crippen LogP contribution in [0.5, 0.6) is 5.75 Å². The van der Waals surface area contributed by atoms with Gasteiger partial charge >= 0.3 is 0 Å². The lowest BCUT2D eigenvalue weighted by molar-refractivity contribution is -0.139. The second-order valence-electron chi connectivity index (χ2n) is 11.0. The second-order valence-corrected chi connectivity index (χ2v) is 13.7. The third kappa shape index (κ3) is 8.79. The third-order valence-electron chi connectivity index (χ3n) is 7.97. The number of benzene rings is 3. The molecule has 0 radical (unpaired) electrons. The Labute approximate surface area is 266 Å². The average Bonchev–Trinajstić information content (AvgIpc) is 3.05. The molecule has 1 unspecified atom stereocenters. The highest BCUT2D eigenvalue weighted by Gasteiger charge is 2.33. The Hall–Kier alpha value is -3.50. The number of hydrogen-bond acceptors (Lipinski definition) is 6. The molecule has 0 aliphatic heterocycles. The number of rotatable bonds is 14. The predicted octanol–water partition coefficient (Wildman–Crippen LogP) is 5.91. The van der Waals surface area contributed by atoms with Crippen LogP contribution < -0.4 is 14.4 Å². The number of nitrogens with zero attached hydrogens (tertiary/aromatic N) is 2. The first-order chi connectivity index (χ1) is 21.2. The number of carbonyl (C=O) groups is 2. The van der Waals surface area contributed by atoms with E-state index < -0.39 is 28.5 Å². The summed E-state index contributed by atoms with van der Waals surface area (Å²) in [7, 11) is -4.13. The number of nitrogens with one attached hydrogen (secondary N) is 1. The van der Waals surface area contributed by atoms with Gasteiger partial charge in [-0.2, -0.15) is 0 Å². The average molecular weight is 638 g/mol. The lowest BCUT2D eigenvalue weighted by Gasteiger charge is -2.33. The van der Waals surface area contributed by atoms with E-state index in [0.717, 1.165) is 40.4 Å². The molecule has 1 aliphatic rings. The van der Waals surface area contributed by atoms with Gasteiger partial charge in [-0.25, -0.2) is 8.42 Å². The first-order valence-corrected chi connectivity index (χ1v) is 17.9. The Morgan fingerprint density at radius 3 is 2.23 bits per heavy atom. The fourth-order valence-corrected chi connectivity index (χ4v) is 7.24. The highest BCUT2D eigenvalue weighted by Crippen LogP contribution is 2.28. The molecule has 1 saturated carbocycles. The summed E-state index contributed by atoms with van der Waals surface area (Å²) < 4.78 is 34.9. The molecule has 0 heterocycles. The molecule has 44 heavy (non-hydrogen) atoms. The number of amides is 2. The van der Waals surface area contributed by atoms with Crippen molar-refractivity contribution in [2.75, 3.05) is 30.3 Å². The molecule has 0 saturated heterocycles. The Morgan fingerprint density at radius 1 is 0.955 bits per heavy atom. The Bertz CT molecular complexity index is 1460. The van der Waals surface area contributed by atoms with Gasteiger partial charge in [-0.05, 0) is 93.5 Å². The summed E-state index contributed by atoms with van der Waals surface area (Å²) in [4.78, 5) is 30.1. The van der Waals surface area contributed by atoms with E-state index in [1.807, 2.05) is 43.5 Å². The molecule has 4 rings (SSSR count). The van der Waals surface area contributed by atoms with Crippen molar-refractivity contribution in [2.45, 2.75) is 74.2 Å². The number of carbonyl (C=O) groups excluding carboxylic acids is 2. The van der Waals surface area contributed by atoms with Crippen LogP contribution in [-0.2, 0) is 26.0 Å². The molecular weight excluding hydrogens is 595 g/mol. The molecule has 10 heteroatoms. The van der Waals surface area contributed by atoms with Crippen molar-refractivity contribution < 1.29 is 22.7 Å². The molecule has 3 aromatic carbocycles. The molecular formula is C34H43N3O5S2. The largest absolute Gasteiger partial charge is 0.494 e. The van der Waals surface area contributed by atoms with Gasteiger partial charge in [0.15, 0.2) is 0 Å². The Balaban J connectivity index is 1.64. The maximum Gasteiger partial charge on any atom is 0.264 e. The van der Waals surface area contributed by atoms with Crippen molar-refractivity contribution in [3.8, 4) is 5.75 Å². The van der Waals surface area contributed by atoms with E-state index in [9.17, 15) is 18.0 Å². The zero-order valence-electron chi connectivity index (χ0n) is 25.8. The van der Waals surface area contributed by atoms with Crippen molar-refractivity contribution in [2.24, 2.45) is 0 Å². The van der Waals surface area contributed by atoms with E-state index in [1.165, 1.54) is 23.1 Å². The fraction of sp³-hybridized carbons (Fsp3) is 0.412. The minimum absolute atomic E-state index is 0.0795. The summed E-state index contributed by atoms with van der Waals surface area (Å²) in [6, 6.07) is 22.3. The smallest absolute Gasteiger partial charge is 0.264 e. The number of anilines is 1. The van der Waals surface area contributed by atoms with Crippen molar-refractivity contribution in [1.29, 1.82) is 0 Å². The molecule has 8 nitrogen and oxygen atoms in total. The molecule has 0 aromatic heterocycles. The molecule has 2 amide bonds. The minimum atomic E-state index is -4.13. The lowest BCUT2D eigenvalue weighted by Crippen LogP contribution is -2.53. The maximum absolute atomic E-state index is 14.1. The van der Waals surface area contributed by atoms with Crippen LogP contribution in [0, 0.1) is 0 Å². The molecule has 1 atom stereocenters. The number of thioether (sulfide) groups is 1. The molecule has 0 spiro atoms. The summed E-state index contributed by atoms with van der Waals surface area (Å²) in [5, 5.41) is 3.14. The zero-order chi connectivity index (χ0) is 31.5. The van der Waals surface area contributed by atoms with Crippen LogP contribution in [-0.4, -0.2) is 63.2 Å². The summed E-state index contributed by atoms with van der Waals surface area (Å²) >= 11 is 1.51. The van der Waals surface area contributed by atoms with Crippen LogP contribution in [0.1, 0.15) is 51.5 Å². The van der Waals surface area contributed by atoms with E-state index in [2.05, 4.69) is 5.32 Å².